The van der Waals surface area contributed by atoms with E-state index in [4.69, 9.17) is 11.1 Å². The summed E-state index contributed by atoms with van der Waals surface area (Å²) in [7, 11) is 0. The van der Waals surface area contributed by atoms with Gasteiger partial charge in [-0.25, -0.2) is 4.98 Å². The minimum Gasteiger partial charge on any atom is -0.370 e. The zero-order valence-electron chi connectivity index (χ0n) is 12.2. The maximum atomic E-state index is 6.62. The van der Waals surface area contributed by atoms with Gasteiger partial charge in [-0.1, -0.05) is 30.3 Å². The van der Waals surface area contributed by atoms with Crippen LogP contribution in [0.15, 0.2) is 74.0 Å². The van der Waals surface area contributed by atoms with Gasteiger partial charge in [0.15, 0.2) is 5.96 Å². The molecule has 1 aromatic carbocycles. The van der Waals surface area contributed by atoms with Crippen molar-refractivity contribution in [3.05, 3.63) is 74.0 Å². The number of para-hydroxylation sites is 1. The van der Waals surface area contributed by atoms with Gasteiger partial charge in [-0.05, 0) is 12.1 Å². The molecule has 6 heteroatoms. The number of nitrogens with one attached hydrogen (secondary N) is 3. The van der Waals surface area contributed by atoms with E-state index in [1.54, 1.807) is 24.8 Å². The molecule has 2 aromatic heterocycles. The highest BCUT2D eigenvalue weighted by Gasteiger charge is 1.86. The molecule has 0 saturated carbocycles. The molecule has 5 N–H and O–H groups in total. The quantitative estimate of drug-likeness (QED) is 0.331. The van der Waals surface area contributed by atoms with Gasteiger partial charge < -0.3 is 16.0 Å². The second-order valence-corrected chi connectivity index (χ2v) is 4.04. The molecule has 0 bridgehead atoms. The van der Waals surface area contributed by atoms with E-state index in [2.05, 4.69) is 39.0 Å². The first-order chi connectivity index (χ1) is 10.7. The molecule has 114 valence electrons. The van der Waals surface area contributed by atoms with E-state index in [9.17, 15) is 0 Å². The summed E-state index contributed by atoms with van der Waals surface area (Å²) < 4.78 is 0. The lowest BCUT2D eigenvalue weighted by atomic mass is 10.2. The SMILES string of the molecule is C=CCNC(=N)N.c1c[nH]cn1.c1ccc2ncccc2c1. The highest BCUT2D eigenvalue weighted by Crippen LogP contribution is 2.07. The average molecular weight is 296 g/mol. The van der Waals surface area contributed by atoms with E-state index in [0.717, 1.165) is 5.52 Å². The van der Waals surface area contributed by atoms with Crippen molar-refractivity contribution in [3.63, 3.8) is 0 Å². The highest BCUT2D eigenvalue weighted by molar-refractivity contribution is 5.77. The number of fused-ring (bicyclic) bond motifs is 1. The van der Waals surface area contributed by atoms with Gasteiger partial charge in [0.2, 0.25) is 0 Å². The summed E-state index contributed by atoms with van der Waals surface area (Å²) >= 11 is 0. The predicted octanol–water partition coefficient (Wildman–Crippen LogP) is 2.30. The minimum absolute atomic E-state index is 0.0140. The monoisotopic (exact) mass is 296 g/mol. The summed E-state index contributed by atoms with van der Waals surface area (Å²) in [5.74, 6) is -0.0140. The smallest absolute Gasteiger partial charge is 0.185 e. The molecule has 0 fully saturated rings. The highest BCUT2D eigenvalue weighted by atomic mass is 15.0. The van der Waals surface area contributed by atoms with Gasteiger partial charge in [-0.3, -0.25) is 10.4 Å². The Hall–Kier alpha value is -3.15. The molecule has 0 spiro atoms. The van der Waals surface area contributed by atoms with Crippen LogP contribution in [0.4, 0.5) is 0 Å². The van der Waals surface area contributed by atoms with E-state index in [-0.39, 0.29) is 5.96 Å². The summed E-state index contributed by atoms with van der Waals surface area (Å²) in [6.45, 7) is 3.98. The Morgan fingerprint density at radius 3 is 2.55 bits per heavy atom. The lowest BCUT2D eigenvalue weighted by Crippen LogP contribution is -2.29. The fraction of sp³-hybridized carbons (Fsp3) is 0.0625. The summed E-state index contributed by atoms with van der Waals surface area (Å²) in [6, 6.07) is 12.1. The Kier molecular flexibility index (Phi) is 8.16. The molecule has 0 unspecified atom stereocenters. The summed E-state index contributed by atoms with van der Waals surface area (Å²) in [5.41, 5.74) is 5.96. The van der Waals surface area contributed by atoms with Gasteiger partial charge in [-0.15, -0.1) is 6.58 Å². The number of pyridine rings is 1. The lowest BCUT2D eigenvalue weighted by Gasteiger charge is -1.94. The van der Waals surface area contributed by atoms with Crippen LogP contribution in [0.5, 0.6) is 0 Å². The number of aromatic amines is 1. The van der Waals surface area contributed by atoms with E-state index in [1.165, 1.54) is 5.39 Å². The lowest BCUT2D eigenvalue weighted by molar-refractivity contribution is 1.01. The molecular weight excluding hydrogens is 276 g/mol. The molecule has 0 aliphatic heterocycles. The molecule has 3 rings (SSSR count). The first kappa shape index (κ1) is 16.9. The normalized spacial score (nSPS) is 8.73. The fourth-order valence-corrected chi connectivity index (χ4v) is 1.41. The molecule has 0 atom stereocenters. The summed E-state index contributed by atoms with van der Waals surface area (Å²) in [6.07, 6.45) is 8.53. The van der Waals surface area contributed by atoms with Gasteiger partial charge in [0, 0.05) is 30.5 Å². The van der Waals surface area contributed by atoms with Gasteiger partial charge in [0.05, 0.1) is 11.8 Å². The van der Waals surface area contributed by atoms with E-state index >= 15 is 0 Å². The van der Waals surface area contributed by atoms with Crippen LogP contribution in [0.2, 0.25) is 0 Å². The van der Waals surface area contributed by atoms with Gasteiger partial charge >= 0.3 is 0 Å². The number of H-pyrrole nitrogens is 1. The number of hydrogen-bond donors (Lipinski definition) is 4. The minimum atomic E-state index is -0.0140. The number of benzene rings is 1. The average Bonchev–Trinajstić information content (AvgIpc) is 3.13. The molecule has 0 aliphatic rings. The Morgan fingerprint density at radius 2 is 2.05 bits per heavy atom. The molecule has 0 radical (unpaired) electrons. The van der Waals surface area contributed by atoms with Gasteiger partial charge in [0.1, 0.15) is 0 Å². The van der Waals surface area contributed by atoms with Crippen molar-refractivity contribution in [1.29, 1.82) is 5.41 Å². The third kappa shape index (κ3) is 7.44. The van der Waals surface area contributed by atoms with E-state index in [1.807, 2.05) is 30.5 Å². The Balaban J connectivity index is 0.000000177. The van der Waals surface area contributed by atoms with Crippen molar-refractivity contribution in [1.82, 2.24) is 20.3 Å². The first-order valence-electron chi connectivity index (χ1n) is 6.65. The zero-order valence-corrected chi connectivity index (χ0v) is 12.2. The molecular formula is C16H20N6. The molecule has 0 amide bonds. The van der Waals surface area contributed by atoms with Crippen molar-refractivity contribution in [2.45, 2.75) is 0 Å². The van der Waals surface area contributed by atoms with Crippen LogP contribution in [-0.4, -0.2) is 27.5 Å². The number of nitrogens with two attached hydrogens (primary N) is 1. The second-order valence-electron chi connectivity index (χ2n) is 4.04. The Bertz CT molecular complexity index is 581. The Labute approximate surface area is 129 Å². The van der Waals surface area contributed by atoms with Crippen LogP contribution < -0.4 is 11.1 Å². The number of hydrogen-bond acceptors (Lipinski definition) is 3. The number of imidazole rings is 1. The molecule has 6 nitrogen and oxygen atoms in total. The molecule has 0 saturated heterocycles. The predicted molar refractivity (Wildman–Crippen MR) is 90.4 cm³/mol. The summed E-state index contributed by atoms with van der Waals surface area (Å²) in [5, 5.41) is 10.4. The maximum absolute atomic E-state index is 6.62. The maximum Gasteiger partial charge on any atom is 0.185 e. The van der Waals surface area contributed by atoms with Crippen LogP contribution in [0.3, 0.4) is 0 Å². The molecule has 3 aromatic rings. The van der Waals surface area contributed by atoms with Crippen LogP contribution in [-0.2, 0) is 0 Å². The third-order valence-electron chi connectivity index (χ3n) is 2.35. The van der Waals surface area contributed by atoms with Crippen LogP contribution in [0, 0.1) is 5.41 Å². The third-order valence-corrected chi connectivity index (χ3v) is 2.35. The van der Waals surface area contributed by atoms with Crippen LogP contribution in [0.1, 0.15) is 0 Å². The van der Waals surface area contributed by atoms with Crippen molar-refractivity contribution in [2.75, 3.05) is 6.54 Å². The Morgan fingerprint density at radius 1 is 1.27 bits per heavy atom. The largest absolute Gasteiger partial charge is 0.370 e. The van der Waals surface area contributed by atoms with Crippen molar-refractivity contribution < 1.29 is 0 Å². The first-order valence-corrected chi connectivity index (χ1v) is 6.65. The molecule has 22 heavy (non-hydrogen) atoms. The number of nitrogens with zero attached hydrogens (tertiary/aromatic N) is 2. The topological polar surface area (TPSA) is 103 Å². The number of aromatic nitrogens is 3. The fourth-order valence-electron chi connectivity index (χ4n) is 1.41. The van der Waals surface area contributed by atoms with E-state index < -0.39 is 0 Å². The zero-order chi connectivity index (χ0) is 16.0. The van der Waals surface area contributed by atoms with Gasteiger partial charge in [0.25, 0.3) is 0 Å². The van der Waals surface area contributed by atoms with Gasteiger partial charge in [-0.2, -0.15) is 0 Å². The molecule has 2 heterocycles. The van der Waals surface area contributed by atoms with Crippen LogP contribution in [0.25, 0.3) is 10.9 Å². The number of rotatable bonds is 2. The standard InChI is InChI=1S/C9H7N.C4H9N3.C3H4N2/c1-2-6-9-8(4-1)5-3-7-10-9;1-2-3-7-4(5)6;1-2-5-3-4-1/h1-7H;2H,1,3H2,(H4,5,6,7);1-3H,(H,4,5). The van der Waals surface area contributed by atoms with Crippen molar-refractivity contribution in [2.24, 2.45) is 5.73 Å². The molecule has 0 aliphatic carbocycles. The van der Waals surface area contributed by atoms with Crippen LogP contribution >= 0.6 is 0 Å². The number of guanidine groups is 1. The van der Waals surface area contributed by atoms with Crippen molar-refractivity contribution >= 4 is 16.9 Å². The van der Waals surface area contributed by atoms with E-state index in [0.29, 0.717) is 6.54 Å². The van der Waals surface area contributed by atoms with Crippen molar-refractivity contribution in [3.8, 4) is 0 Å². The second kappa shape index (κ2) is 10.6. The summed E-state index contributed by atoms with van der Waals surface area (Å²) in [4.78, 5) is 10.6.